The summed E-state index contributed by atoms with van der Waals surface area (Å²) in [5.41, 5.74) is 2.55. The smallest absolute Gasteiger partial charge is 0.115 e. The van der Waals surface area contributed by atoms with Crippen LogP contribution in [0.2, 0.25) is 0 Å². The average molecular weight is 240 g/mol. The Morgan fingerprint density at radius 1 is 0.941 bits per heavy atom. The minimum Gasteiger partial charge on any atom is -0.508 e. The zero-order chi connectivity index (χ0) is 11.7. The third-order valence-electron chi connectivity index (χ3n) is 2.97. The highest BCUT2D eigenvalue weighted by atomic mass is 32.2. The predicted molar refractivity (Wildman–Crippen MR) is 71.4 cm³/mol. The summed E-state index contributed by atoms with van der Waals surface area (Å²) < 4.78 is 0. The molecule has 1 atom stereocenters. The van der Waals surface area contributed by atoms with Gasteiger partial charge in [0.15, 0.2) is 0 Å². The largest absolute Gasteiger partial charge is 0.508 e. The predicted octanol–water partition coefficient (Wildman–Crippen LogP) is 4.14. The van der Waals surface area contributed by atoms with Crippen molar-refractivity contribution in [2.75, 3.05) is 0 Å². The van der Waals surface area contributed by atoms with Crippen LogP contribution in [0.4, 0.5) is 0 Å². The molecule has 0 fully saturated rings. The molecule has 1 aliphatic heterocycles. The molecule has 2 aromatic rings. The zero-order valence-corrected chi connectivity index (χ0v) is 10.0. The van der Waals surface area contributed by atoms with Crippen LogP contribution in [0.3, 0.4) is 0 Å². The van der Waals surface area contributed by atoms with Gasteiger partial charge in [-0.15, -0.1) is 0 Å². The first kappa shape index (κ1) is 10.5. The van der Waals surface area contributed by atoms with Crippen LogP contribution in [0.25, 0.3) is 0 Å². The molecule has 0 amide bonds. The first-order valence-corrected chi connectivity index (χ1v) is 6.44. The minimum atomic E-state index is 0.299. The van der Waals surface area contributed by atoms with Gasteiger partial charge in [-0.25, -0.2) is 0 Å². The summed E-state index contributed by atoms with van der Waals surface area (Å²) in [7, 11) is 0. The molecule has 0 radical (unpaired) electrons. The Balaban J connectivity index is 2.06. The Morgan fingerprint density at radius 3 is 2.53 bits per heavy atom. The Kier molecular flexibility index (Phi) is 2.65. The Labute approximate surface area is 105 Å². The van der Waals surface area contributed by atoms with Crippen molar-refractivity contribution in [3.8, 4) is 5.75 Å². The van der Waals surface area contributed by atoms with Crippen molar-refractivity contribution in [2.45, 2.75) is 10.8 Å². The molecular weight excluding hydrogens is 228 g/mol. The van der Waals surface area contributed by atoms with Gasteiger partial charge in [0.1, 0.15) is 5.75 Å². The lowest BCUT2D eigenvalue weighted by atomic mass is 9.91. The monoisotopic (exact) mass is 240 g/mol. The van der Waals surface area contributed by atoms with Gasteiger partial charge < -0.3 is 5.11 Å². The van der Waals surface area contributed by atoms with Gasteiger partial charge in [0.2, 0.25) is 0 Å². The Hall–Kier alpha value is -1.67. The number of hydrogen-bond donors (Lipinski definition) is 1. The van der Waals surface area contributed by atoms with E-state index in [1.54, 1.807) is 23.9 Å². The van der Waals surface area contributed by atoms with Gasteiger partial charge in [0, 0.05) is 10.8 Å². The normalized spacial score (nSPS) is 17.8. The highest BCUT2D eigenvalue weighted by Crippen LogP contribution is 2.39. The van der Waals surface area contributed by atoms with Crippen molar-refractivity contribution in [3.05, 3.63) is 71.1 Å². The van der Waals surface area contributed by atoms with Gasteiger partial charge in [0.25, 0.3) is 0 Å². The van der Waals surface area contributed by atoms with E-state index in [2.05, 4.69) is 35.7 Å². The van der Waals surface area contributed by atoms with E-state index in [1.807, 2.05) is 12.1 Å². The molecule has 84 valence electrons. The van der Waals surface area contributed by atoms with Gasteiger partial charge in [0.05, 0.1) is 0 Å². The SMILES string of the molecule is Oc1ccc(C2C=CSc3ccccc32)cc1. The second-order valence-corrected chi connectivity index (χ2v) is 5.00. The van der Waals surface area contributed by atoms with Crippen molar-refractivity contribution in [2.24, 2.45) is 0 Å². The molecule has 0 saturated heterocycles. The van der Waals surface area contributed by atoms with Crippen LogP contribution in [-0.2, 0) is 0 Å². The molecule has 0 saturated carbocycles. The fraction of sp³-hybridized carbons (Fsp3) is 0.0667. The fourth-order valence-electron chi connectivity index (χ4n) is 2.11. The summed E-state index contributed by atoms with van der Waals surface area (Å²) in [5.74, 6) is 0.615. The van der Waals surface area contributed by atoms with Gasteiger partial charge in [-0.1, -0.05) is 48.2 Å². The number of thioether (sulfide) groups is 1. The number of allylic oxidation sites excluding steroid dienone is 1. The summed E-state index contributed by atoms with van der Waals surface area (Å²) in [6, 6.07) is 15.9. The fourth-order valence-corrected chi connectivity index (χ4v) is 2.98. The van der Waals surface area contributed by atoms with Gasteiger partial charge in [-0.2, -0.15) is 0 Å². The molecule has 0 aliphatic carbocycles. The molecule has 3 rings (SSSR count). The van der Waals surface area contributed by atoms with Crippen molar-refractivity contribution in [1.82, 2.24) is 0 Å². The maximum absolute atomic E-state index is 9.33. The summed E-state index contributed by atoms with van der Waals surface area (Å²) in [6.45, 7) is 0. The van der Waals surface area contributed by atoms with E-state index >= 15 is 0 Å². The number of phenols is 1. The van der Waals surface area contributed by atoms with Crippen LogP contribution in [0.5, 0.6) is 5.75 Å². The number of fused-ring (bicyclic) bond motifs is 1. The molecule has 0 spiro atoms. The molecule has 1 aliphatic rings. The van der Waals surface area contributed by atoms with Crippen LogP contribution in [0.15, 0.2) is 64.9 Å². The van der Waals surface area contributed by atoms with E-state index in [-0.39, 0.29) is 0 Å². The quantitative estimate of drug-likeness (QED) is 0.808. The van der Waals surface area contributed by atoms with E-state index in [9.17, 15) is 5.11 Å². The highest BCUT2D eigenvalue weighted by molar-refractivity contribution is 8.02. The van der Waals surface area contributed by atoms with Gasteiger partial charge in [-0.3, -0.25) is 0 Å². The van der Waals surface area contributed by atoms with E-state index in [0.717, 1.165) is 0 Å². The van der Waals surface area contributed by atoms with E-state index in [1.165, 1.54) is 16.0 Å². The summed E-state index contributed by atoms with van der Waals surface area (Å²) in [5, 5.41) is 11.5. The van der Waals surface area contributed by atoms with Gasteiger partial charge >= 0.3 is 0 Å². The third-order valence-corrected chi connectivity index (χ3v) is 3.89. The second kappa shape index (κ2) is 4.30. The first-order valence-electron chi connectivity index (χ1n) is 5.56. The van der Waals surface area contributed by atoms with Crippen LogP contribution in [-0.4, -0.2) is 5.11 Å². The Morgan fingerprint density at radius 2 is 1.71 bits per heavy atom. The van der Waals surface area contributed by atoms with Crippen LogP contribution in [0, 0.1) is 0 Å². The zero-order valence-electron chi connectivity index (χ0n) is 9.21. The molecular formula is C15H12OS. The standard InChI is InChI=1S/C15H12OS/c16-12-7-5-11(6-8-12)13-9-10-17-15-4-2-1-3-14(13)15/h1-10,13,16H. The molecule has 1 heterocycles. The number of hydrogen-bond acceptors (Lipinski definition) is 2. The van der Waals surface area contributed by atoms with Gasteiger partial charge in [-0.05, 0) is 34.7 Å². The first-order chi connectivity index (χ1) is 8.34. The summed E-state index contributed by atoms with van der Waals surface area (Å²) in [6.07, 6.45) is 2.21. The summed E-state index contributed by atoms with van der Waals surface area (Å²) >= 11 is 1.76. The van der Waals surface area contributed by atoms with Crippen molar-refractivity contribution < 1.29 is 5.11 Å². The van der Waals surface area contributed by atoms with Crippen molar-refractivity contribution in [3.63, 3.8) is 0 Å². The summed E-state index contributed by atoms with van der Waals surface area (Å²) in [4.78, 5) is 1.31. The molecule has 2 aromatic carbocycles. The molecule has 1 unspecified atom stereocenters. The van der Waals surface area contributed by atoms with E-state index < -0.39 is 0 Å². The molecule has 17 heavy (non-hydrogen) atoms. The second-order valence-electron chi connectivity index (χ2n) is 4.05. The molecule has 0 aromatic heterocycles. The average Bonchev–Trinajstić information content (AvgIpc) is 2.39. The number of aromatic hydroxyl groups is 1. The number of phenolic OH excluding ortho intramolecular Hbond substituents is 1. The lowest BCUT2D eigenvalue weighted by Gasteiger charge is -2.20. The van der Waals surface area contributed by atoms with Crippen LogP contribution < -0.4 is 0 Å². The van der Waals surface area contributed by atoms with Crippen LogP contribution >= 0.6 is 11.8 Å². The maximum atomic E-state index is 9.33. The molecule has 2 heteroatoms. The minimum absolute atomic E-state index is 0.299. The number of benzene rings is 2. The lowest BCUT2D eigenvalue weighted by Crippen LogP contribution is -2.01. The molecule has 1 N–H and O–H groups in total. The van der Waals surface area contributed by atoms with E-state index in [4.69, 9.17) is 0 Å². The Bertz CT molecular complexity index is 557. The lowest BCUT2D eigenvalue weighted by molar-refractivity contribution is 0.475. The third kappa shape index (κ3) is 1.96. The molecule has 1 nitrogen and oxygen atoms in total. The maximum Gasteiger partial charge on any atom is 0.115 e. The highest BCUT2D eigenvalue weighted by Gasteiger charge is 2.17. The topological polar surface area (TPSA) is 20.2 Å². The van der Waals surface area contributed by atoms with Crippen LogP contribution in [0.1, 0.15) is 17.0 Å². The van der Waals surface area contributed by atoms with Crippen molar-refractivity contribution >= 4 is 11.8 Å². The van der Waals surface area contributed by atoms with Crippen molar-refractivity contribution in [1.29, 1.82) is 0 Å². The number of rotatable bonds is 1. The van der Waals surface area contributed by atoms with E-state index in [0.29, 0.717) is 11.7 Å². The molecule has 0 bridgehead atoms.